The zero-order chi connectivity index (χ0) is 14.0. The Kier molecular flexibility index (Phi) is 6.78. The molecule has 0 unspecified atom stereocenters. The maximum atomic E-state index is 11.1. The van der Waals surface area contributed by atoms with Crippen LogP contribution in [-0.2, 0) is 22.1 Å². The fourth-order valence-electron chi connectivity index (χ4n) is 1.34. The van der Waals surface area contributed by atoms with Gasteiger partial charge < -0.3 is 32.0 Å². The molecule has 8 nitrogen and oxygen atoms in total. The van der Waals surface area contributed by atoms with Crippen LogP contribution in [0.25, 0.3) is 0 Å². The minimum absolute atomic E-state index is 0. The van der Waals surface area contributed by atoms with Crippen LogP contribution < -0.4 is 17.0 Å². The summed E-state index contributed by atoms with van der Waals surface area (Å²) in [7, 11) is -9.78. The average Bonchev–Trinajstić information content (AvgIpc) is 2.23. The monoisotopic (exact) mass is 332 g/mol. The Labute approximate surface area is 116 Å². The number of aryl methyl sites for hydroxylation is 1. The molecule has 0 bridgehead atoms. The van der Waals surface area contributed by atoms with E-state index in [0.29, 0.717) is 6.54 Å². The second kappa shape index (κ2) is 6.90. The van der Waals surface area contributed by atoms with Crippen LogP contribution in [0.4, 0.5) is 0 Å². The summed E-state index contributed by atoms with van der Waals surface area (Å²) in [5.41, 5.74) is 0.219. The van der Waals surface area contributed by atoms with Crippen molar-refractivity contribution in [2.45, 2.75) is 25.3 Å². The van der Waals surface area contributed by atoms with Gasteiger partial charge in [0, 0.05) is 12.5 Å². The number of hydrogen-bond acceptors (Lipinski definition) is 3. The Bertz CT molecular complexity index is 476. The summed E-state index contributed by atoms with van der Waals surface area (Å²) in [5.74, 6) is 0. The van der Waals surface area contributed by atoms with Gasteiger partial charge in [-0.3, -0.25) is 9.13 Å². The molecule has 1 rings (SSSR count). The zero-order valence-electron chi connectivity index (χ0n) is 10.00. The van der Waals surface area contributed by atoms with Gasteiger partial charge in [-0.1, -0.05) is 4.98 Å². The highest BCUT2D eigenvalue weighted by molar-refractivity contribution is 7.70. The highest BCUT2D eigenvalue weighted by Gasteiger charge is 2.44. The van der Waals surface area contributed by atoms with Crippen LogP contribution in [0.2, 0.25) is 0 Å². The molecule has 0 amide bonds. The van der Waals surface area contributed by atoms with Crippen molar-refractivity contribution in [3.8, 4) is 0 Å². The largest absolute Gasteiger partial charge is 1.00 e. The van der Waals surface area contributed by atoms with Crippen molar-refractivity contribution in [1.29, 1.82) is 0 Å². The van der Waals surface area contributed by atoms with Crippen molar-refractivity contribution < 1.29 is 45.7 Å². The quantitative estimate of drug-likeness (QED) is 0.327. The van der Waals surface area contributed by atoms with E-state index in [4.69, 9.17) is 19.6 Å². The van der Waals surface area contributed by atoms with Gasteiger partial charge in [0.15, 0.2) is 11.1 Å². The van der Waals surface area contributed by atoms with Crippen molar-refractivity contribution in [2.75, 3.05) is 0 Å². The fraction of sp³-hybridized carbons (Fsp3) is 0.500. The van der Waals surface area contributed by atoms with E-state index < -0.39 is 27.0 Å². The van der Waals surface area contributed by atoms with Gasteiger partial charge in [-0.15, -0.1) is 0 Å². The van der Waals surface area contributed by atoms with Crippen molar-refractivity contribution in [3.05, 3.63) is 24.3 Å². The Balaban J connectivity index is 0.00000324. The van der Waals surface area contributed by atoms with Gasteiger partial charge in [0.1, 0.15) is 0 Å². The molecule has 19 heavy (non-hydrogen) atoms. The predicted molar refractivity (Wildman–Crippen MR) is 61.7 cm³/mol. The Morgan fingerprint density at radius 3 is 2.11 bits per heavy atom. The van der Waals surface area contributed by atoms with Gasteiger partial charge in [-0.05, 0) is 6.92 Å². The molecule has 0 fully saturated rings. The first kappa shape index (κ1) is 18.7. The van der Waals surface area contributed by atoms with E-state index in [2.05, 4.69) is 4.98 Å². The smallest absolute Gasteiger partial charge is 0.341 e. The molecule has 0 spiro atoms. The molecular weight excluding hydrogens is 317 g/mol. The van der Waals surface area contributed by atoms with Gasteiger partial charge in [0.25, 0.3) is 6.33 Å². The third-order valence-corrected chi connectivity index (χ3v) is 6.09. The summed E-state index contributed by atoms with van der Waals surface area (Å²) >= 11 is 0. The molecule has 0 saturated carbocycles. The first-order valence-corrected chi connectivity index (χ1v) is 8.45. The molecular formula is C8H15ClN2O6P2. The second-order valence-electron chi connectivity index (χ2n) is 3.75. The number of halogens is 1. The molecule has 11 heteroatoms. The van der Waals surface area contributed by atoms with Crippen LogP contribution >= 0.6 is 15.2 Å². The first-order chi connectivity index (χ1) is 8.14. The number of aromatic nitrogens is 2. The summed E-state index contributed by atoms with van der Waals surface area (Å²) in [6, 6.07) is 1.47. The molecule has 0 saturated heterocycles. The van der Waals surface area contributed by atoms with Crippen LogP contribution in [0.1, 0.15) is 12.6 Å². The van der Waals surface area contributed by atoms with Gasteiger partial charge in [0.2, 0.25) is 0 Å². The van der Waals surface area contributed by atoms with Crippen molar-refractivity contribution >= 4 is 15.2 Å². The summed E-state index contributed by atoms with van der Waals surface area (Å²) in [4.78, 5) is 39.7. The lowest BCUT2D eigenvalue weighted by molar-refractivity contribution is -0.696. The van der Waals surface area contributed by atoms with Crippen LogP contribution in [0.3, 0.4) is 0 Å². The zero-order valence-corrected chi connectivity index (χ0v) is 12.5. The summed E-state index contributed by atoms with van der Waals surface area (Å²) in [6.07, 6.45) is 2.59. The maximum absolute atomic E-state index is 11.1. The molecule has 0 aromatic carbocycles. The van der Waals surface area contributed by atoms with Gasteiger partial charge >= 0.3 is 15.2 Å². The van der Waals surface area contributed by atoms with Gasteiger partial charge in [-0.2, -0.15) is 0 Å². The summed E-state index contributed by atoms with van der Waals surface area (Å²) in [5, 5.41) is -2.05. The molecule has 0 radical (unpaired) electrons. The van der Waals surface area contributed by atoms with E-state index in [9.17, 15) is 9.13 Å². The van der Waals surface area contributed by atoms with Crippen molar-refractivity contribution in [2.24, 2.45) is 0 Å². The lowest BCUT2D eigenvalue weighted by atomic mass is 10.3. The van der Waals surface area contributed by atoms with E-state index in [0.717, 1.165) is 0 Å². The molecule has 0 aliphatic carbocycles. The molecule has 1 aromatic heterocycles. The first-order valence-electron chi connectivity index (χ1n) is 5.09. The molecule has 0 aliphatic rings. The van der Waals surface area contributed by atoms with E-state index in [1.54, 1.807) is 10.8 Å². The maximum Gasteiger partial charge on any atom is 0.341 e. The summed E-state index contributed by atoms with van der Waals surface area (Å²) < 4.78 is 23.9. The van der Waals surface area contributed by atoms with Crippen LogP contribution in [0.15, 0.2) is 18.6 Å². The predicted octanol–water partition coefficient (Wildman–Crippen LogP) is -3.38. The van der Waals surface area contributed by atoms with E-state index in [-0.39, 0.29) is 18.1 Å². The number of hydrogen-bond donors (Lipinski definition) is 4. The van der Waals surface area contributed by atoms with Crippen LogP contribution in [0.5, 0.6) is 0 Å². The third kappa shape index (κ3) is 5.67. The standard InChI is InChI=1S/C8H14N2O6P2.ClH/c1-2-10-4-3-7(9-6-10)5-8(17(11,12)13)18(14,15)16;/h3-4,6,8H,2,5H2,1H3,(H3-,11,12,13,14,15,16);1H. The highest BCUT2D eigenvalue weighted by Crippen LogP contribution is 2.60. The van der Waals surface area contributed by atoms with E-state index in [1.807, 2.05) is 6.92 Å². The van der Waals surface area contributed by atoms with E-state index >= 15 is 0 Å². The molecule has 1 heterocycles. The van der Waals surface area contributed by atoms with Gasteiger partial charge in [0.05, 0.1) is 12.7 Å². The average molecular weight is 333 g/mol. The number of rotatable bonds is 5. The third-order valence-electron chi connectivity index (χ3n) is 2.36. The van der Waals surface area contributed by atoms with Crippen molar-refractivity contribution in [3.63, 3.8) is 0 Å². The lowest BCUT2D eigenvalue weighted by Crippen LogP contribution is -3.00. The molecule has 110 valence electrons. The lowest BCUT2D eigenvalue weighted by Gasteiger charge is -2.17. The second-order valence-corrected chi connectivity index (χ2v) is 7.76. The Morgan fingerprint density at radius 1 is 1.26 bits per heavy atom. The fourth-order valence-corrected chi connectivity index (χ4v) is 3.76. The minimum atomic E-state index is -4.89. The normalized spacial score (nSPS) is 12.3. The Hall–Kier alpha value is -0.330. The molecule has 0 atom stereocenters. The molecule has 4 N–H and O–H groups in total. The van der Waals surface area contributed by atoms with Gasteiger partial charge in [-0.25, -0.2) is 4.57 Å². The molecule has 0 aliphatic heterocycles. The SMILES string of the molecule is CC[n+]1ccc(CC(P(=O)(O)O)P(=O)(O)O)nc1.[Cl-]. The van der Waals surface area contributed by atoms with Crippen molar-refractivity contribution in [1.82, 2.24) is 4.98 Å². The highest BCUT2D eigenvalue weighted by atomic mass is 35.5. The molecule has 1 aromatic rings. The summed E-state index contributed by atoms with van der Waals surface area (Å²) in [6.45, 7) is 2.56. The number of nitrogens with zero attached hydrogens (tertiary/aromatic N) is 2. The topological polar surface area (TPSA) is 132 Å². The van der Waals surface area contributed by atoms with Crippen LogP contribution in [0, 0.1) is 0 Å². The Morgan fingerprint density at radius 2 is 1.79 bits per heavy atom. The van der Waals surface area contributed by atoms with Crippen LogP contribution in [-0.4, -0.2) is 30.0 Å². The van der Waals surface area contributed by atoms with E-state index in [1.165, 1.54) is 12.4 Å². The minimum Gasteiger partial charge on any atom is -1.00 e.